The number of ether oxygens (including phenoxy) is 2. The Morgan fingerprint density at radius 2 is 1.88 bits per heavy atom. The molecule has 0 aliphatic rings. The van der Waals surface area contributed by atoms with Gasteiger partial charge in [-0.25, -0.2) is 0 Å². The molecule has 1 aromatic heterocycles. The highest BCUT2D eigenvalue weighted by molar-refractivity contribution is 7.99. The fraction of sp³-hybridized carbons (Fsp3) is 0.348. The van der Waals surface area contributed by atoms with Crippen molar-refractivity contribution in [1.29, 1.82) is 0 Å². The van der Waals surface area contributed by atoms with E-state index in [-0.39, 0.29) is 17.8 Å². The van der Waals surface area contributed by atoms with E-state index in [1.807, 2.05) is 35.8 Å². The molecule has 0 fully saturated rings. The predicted molar refractivity (Wildman–Crippen MR) is 128 cm³/mol. The summed E-state index contributed by atoms with van der Waals surface area (Å²) in [5.74, 6) is 2.55. The Kier molecular flexibility index (Phi) is 8.41. The Bertz CT molecular complexity index is 1060. The first-order valence-electron chi connectivity index (χ1n) is 10.3. The van der Waals surface area contributed by atoms with Crippen LogP contribution in [0, 0.1) is 5.92 Å². The number of benzene rings is 2. The first-order valence-corrected chi connectivity index (χ1v) is 11.6. The molecule has 0 aliphatic heterocycles. The summed E-state index contributed by atoms with van der Waals surface area (Å²) in [4.78, 5) is 12.4. The number of aromatic nitrogens is 3. The van der Waals surface area contributed by atoms with Gasteiger partial charge in [-0.15, -0.1) is 10.2 Å². The van der Waals surface area contributed by atoms with Crippen LogP contribution in [0.1, 0.15) is 32.7 Å². The highest BCUT2D eigenvalue weighted by atomic mass is 35.5. The fourth-order valence-corrected chi connectivity index (χ4v) is 4.01. The minimum atomic E-state index is -0.331. The third-order valence-corrected chi connectivity index (χ3v) is 5.65. The first kappa shape index (κ1) is 23.9. The number of amides is 1. The highest BCUT2D eigenvalue weighted by Gasteiger charge is 2.21. The number of nitrogens with zero attached hydrogens (tertiary/aromatic N) is 3. The van der Waals surface area contributed by atoms with Crippen molar-refractivity contribution in [3.63, 3.8) is 0 Å². The zero-order chi connectivity index (χ0) is 23.1. The number of carbonyl (C=O) groups is 1. The van der Waals surface area contributed by atoms with Gasteiger partial charge in [0.15, 0.2) is 17.1 Å². The summed E-state index contributed by atoms with van der Waals surface area (Å²) >= 11 is 7.32. The highest BCUT2D eigenvalue weighted by Crippen LogP contribution is 2.27. The molecule has 2 aromatic carbocycles. The van der Waals surface area contributed by atoms with Crippen LogP contribution in [0.2, 0.25) is 5.02 Å². The molecule has 9 heteroatoms. The zero-order valence-corrected chi connectivity index (χ0v) is 20.1. The number of carbonyl (C=O) groups excluding carboxylic acids is 1. The number of thioether (sulfide) groups is 1. The lowest BCUT2D eigenvalue weighted by molar-refractivity contribution is -0.113. The summed E-state index contributed by atoms with van der Waals surface area (Å²) in [6.45, 7) is 6.89. The third-order valence-electron chi connectivity index (χ3n) is 4.45. The maximum absolute atomic E-state index is 12.4. The SMILES string of the molecule is COc1cccc(OC(C)c2nnc(SCC(=O)Nc3cccc(Cl)c3)n2CC(C)C)c1. The Labute approximate surface area is 197 Å². The van der Waals surface area contributed by atoms with Crippen LogP contribution in [0.3, 0.4) is 0 Å². The van der Waals surface area contributed by atoms with Crippen molar-refractivity contribution < 1.29 is 14.3 Å². The smallest absolute Gasteiger partial charge is 0.234 e. The molecule has 170 valence electrons. The van der Waals surface area contributed by atoms with Gasteiger partial charge >= 0.3 is 0 Å². The van der Waals surface area contributed by atoms with Gasteiger partial charge in [0.1, 0.15) is 11.5 Å². The van der Waals surface area contributed by atoms with Gasteiger partial charge < -0.3 is 19.4 Å². The molecule has 0 aliphatic carbocycles. The van der Waals surface area contributed by atoms with Crippen molar-refractivity contribution >= 4 is 35.0 Å². The summed E-state index contributed by atoms with van der Waals surface area (Å²) < 4.78 is 13.4. The molecular weight excluding hydrogens is 448 g/mol. The summed E-state index contributed by atoms with van der Waals surface area (Å²) in [6, 6.07) is 14.5. The van der Waals surface area contributed by atoms with E-state index in [2.05, 4.69) is 29.4 Å². The maximum Gasteiger partial charge on any atom is 0.234 e. The number of methoxy groups -OCH3 is 1. The molecule has 1 heterocycles. The standard InChI is InChI=1S/C23H27ClN4O3S/c1-15(2)13-28-22(16(3)31-20-10-6-9-19(12-20)30-4)26-27-23(28)32-14-21(29)25-18-8-5-7-17(24)11-18/h5-12,15-16H,13-14H2,1-4H3,(H,25,29). The van der Waals surface area contributed by atoms with E-state index >= 15 is 0 Å². The van der Waals surface area contributed by atoms with Crippen molar-refractivity contribution in [2.75, 3.05) is 18.2 Å². The molecule has 0 bridgehead atoms. The number of rotatable bonds is 10. The molecule has 1 atom stereocenters. The van der Waals surface area contributed by atoms with E-state index in [1.165, 1.54) is 11.8 Å². The Balaban J connectivity index is 1.70. The molecule has 1 amide bonds. The quantitative estimate of drug-likeness (QED) is 0.393. The fourth-order valence-electron chi connectivity index (χ4n) is 3.07. The van der Waals surface area contributed by atoms with Gasteiger partial charge in [-0.3, -0.25) is 4.79 Å². The van der Waals surface area contributed by atoms with E-state index in [9.17, 15) is 4.79 Å². The molecule has 32 heavy (non-hydrogen) atoms. The van der Waals surface area contributed by atoms with Crippen LogP contribution in [0.5, 0.6) is 11.5 Å². The summed E-state index contributed by atoms with van der Waals surface area (Å²) in [6.07, 6.45) is -0.331. The number of hydrogen-bond acceptors (Lipinski definition) is 6. The Morgan fingerprint density at radius 3 is 2.59 bits per heavy atom. The average molecular weight is 475 g/mol. The molecule has 7 nitrogen and oxygen atoms in total. The number of halogens is 1. The van der Waals surface area contributed by atoms with Crippen molar-refractivity contribution in [3.05, 3.63) is 59.4 Å². The van der Waals surface area contributed by atoms with Gasteiger partial charge in [-0.2, -0.15) is 0 Å². The van der Waals surface area contributed by atoms with Gasteiger partial charge in [0.25, 0.3) is 0 Å². The molecule has 0 radical (unpaired) electrons. The van der Waals surface area contributed by atoms with Crippen molar-refractivity contribution in [2.45, 2.75) is 38.6 Å². The second-order valence-corrected chi connectivity index (χ2v) is 9.01. The molecule has 1 N–H and O–H groups in total. The van der Waals surface area contributed by atoms with Gasteiger partial charge in [0.05, 0.1) is 12.9 Å². The molecule has 0 saturated carbocycles. The van der Waals surface area contributed by atoms with Crippen LogP contribution in [-0.2, 0) is 11.3 Å². The molecular formula is C23H27ClN4O3S. The van der Waals surface area contributed by atoms with E-state index < -0.39 is 0 Å². The minimum Gasteiger partial charge on any atom is -0.497 e. The topological polar surface area (TPSA) is 78.3 Å². The molecule has 3 aromatic rings. The van der Waals surface area contributed by atoms with Crippen LogP contribution in [0.4, 0.5) is 5.69 Å². The number of anilines is 1. The van der Waals surface area contributed by atoms with E-state index in [0.29, 0.717) is 39.9 Å². The lowest BCUT2D eigenvalue weighted by Crippen LogP contribution is -2.17. The van der Waals surface area contributed by atoms with Crippen LogP contribution < -0.4 is 14.8 Å². The monoisotopic (exact) mass is 474 g/mol. The zero-order valence-electron chi connectivity index (χ0n) is 18.5. The lowest BCUT2D eigenvalue weighted by Gasteiger charge is -2.18. The lowest BCUT2D eigenvalue weighted by atomic mass is 10.2. The molecule has 3 rings (SSSR count). The van der Waals surface area contributed by atoms with Crippen LogP contribution in [0.25, 0.3) is 0 Å². The van der Waals surface area contributed by atoms with Gasteiger partial charge in [-0.1, -0.05) is 49.3 Å². The Morgan fingerprint density at radius 1 is 1.12 bits per heavy atom. The van der Waals surface area contributed by atoms with Gasteiger partial charge in [0, 0.05) is 23.3 Å². The van der Waals surface area contributed by atoms with Gasteiger partial charge in [-0.05, 0) is 43.2 Å². The van der Waals surface area contributed by atoms with Crippen molar-refractivity contribution in [2.24, 2.45) is 5.92 Å². The molecule has 1 unspecified atom stereocenters. The first-order chi connectivity index (χ1) is 15.4. The van der Waals surface area contributed by atoms with Crippen LogP contribution in [-0.4, -0.2) is 33.5 Å². The predicted octanol–water partition coefficient (Wildman–Crippen LogP) is 5.47. The van der Waals surface area contributed by atoms with Crippen LogP contribution in [0.15, 0.2) is 53.7 Å². The van der Waals surface area contributed by atoms with Crippen molar-refractivity contribution in [3.8, 4) is 11.5 Å². The second kappa shape index (κ2) is 11.2. The summed E-state index contributed by atoms with van der Waals surface area (Å²) in [5, 5.41) is 12.8. The van der Waals surface area contributed by atoms with E-state index in [0.717, 1.165) is 5.75 Å². The largest absolute Gasteiger partial charge is 0.497 e. The third kappa shape index (κ3) is 6.64. The molecule has 0 spiro atoms. The summed E-state index contributed by atoms with van der Waals surface area (Å²) in [7, 11) is 1.62. The normalized spacial score (nSPS) is 11.9. The minimum absolute atomic E-state index is 0.140. The van der Waals surface area contributed by atoms with E-state index in [4.69, 9.17) is 21.1 Å². The van der Waals surface area contributed by atoms with Crippen molar-refractivity contribution in [1.82, 2.24) is 14.8 Å². The van der Waals surface area contributed by atoms with Gasteiger partial charge in [0.2, 0.25) is 5.91 Å². The van der Waals surface area contributed by atoms with E-state index in [1.54, 1.807) is 31.4 Å². The second-order valence-electron chi connectivity index (χ2n) is 7.63. The number of nitrogens with one attached hydrogen (secondary N) is 1. The Hall–Kier alpha value is -2.71. The van der Waals surface area contributed by atoms with Crippen LogP contribution >= 0.6 is 23.4 Å². The summed E-state index contributed by atoms with van der Waals surface area (Å²) in [5.41, 5.74) is 0.660. The average Bonchev–Trinajstić information content (AvgIpc) is 3.14. The number of hydrogen-bond donors (Lipinski definition) is 1. The molecule has 0 saturated heterocycles. The maximum atomic E-state index is 12.4.